The molecular weight excluding hydrogens is 423 g/mol. The van der Waals surface area contributed by atoms with Crippen molar-refractivity contribution in [2.45, 2.75) is 57.0 Å². The molecule has 2 heterocycles. The van der Waals surface area contributed by atoms with Crippen LogP contribution in [0.5, 0.6) is 0 Å². The average molecular weight is 449 g/mol. The predicted octanol–water partition coefficient (Wildman–Crippen LogP) is 4.42. The molecule has 1 fully saturated rings. The first-order valence-corrected chi connectivity index (χ1v) is 11.2. The third-order valence-electron chi connectivity index (χ3n) is 5.90. The second-order valence-corrected chi connectivity index (χ2v) is 8.84. The number of hydrogen-bond acceptors (Lipinski definition) is 7. The third-order valence-corrected chi connectivity index (χ3v) is 6.50. The number of nitrogens with zero attached hydrogens (tertiary/aromatic N) is 4. The van der Waals surface area contributed by atoms with Gasteiger partial charge in [0.2, 0.25) is 5.89 Å². The van der Waals surface area contributed by atoms with E-state index in [1.165, 1.54) is 19.3 Å². The molecule has 1 aromatic carbocycles. The summed E-state index contributed by atoms with van der Waals surface area (Å²) in [6, 6.07) is 5.20. The van der Waals surface area contributed by atoms with Gasteiger partial charge in [0.25, 0.3) is 5.89 Å². The number of aliphatic imine (C=N–C) groups is 1. The summed E-state index contributed by atoms with van der Waals surface area (Å²) in [6.07, 6.45) is 6.14. The highest BCUT2D eigenvalue weighted by Gasteiger charge is 2.29. The number of rotatable bonds is 6. The first kappa shape index (κ1) is 21.3. The average Bonchev–Trinajstić information content (AvgIpc) is 3.24. The highest BCUT2D eigenvalue weighted by molar-refractivity contribution is 6.33. The Bertz CT molecular complexity index is 937. The molecule has 1 aliphatic carbocycles. The van der Waals surface area contributed by atoms with E-state index in [4.69, 9.17) is 38.8 Å². The Morgan fingerprint density at radius 1 is 1.20 bits per heavy atom. The van der Waals surface area contributed by atoms with Crippen LogP contribution in [-0.2, 0) is 6.54 Å². The van der Waals surface area contributed by atoms with Gasteiger partial charge in [0.15, 0.2) is 0 Å². The lowest BCUT2D eigenvalue weighted by molar-refractivity contribution is 0.231. The van der Waals surface area contributed by atoms with E-state index in [1.54, 1.807) is 12.1 Å². The molecule has 7 nitrogen and oxygen atoms in total. The van der Waals surface area contributed by atoms with Crippen LogP contribution in [0.15, 0.2) is 27.6 Å². The number of amidine groups is 1. The van der Waals surface area contributed by atoms with Crippen LogP contribution in [-0.4, -0.2) is 45.8 Å². The second kappa shape index (κ2) is 9.45. The van der Waals surface area contributed by atoms with Crippen molar-refractivity contribution in [3.05, 3.63) is 45.6 Å². The number of aromatic nitrogens is 2. The van der Waals surface area contributed by atoms with Gasteiger partial charge in [-0.25, -0.2) is 0 Å². The fourth-order valence-electron chi connectivity index (χ4n) is 4.21. The van der Waals surface area contributed by atoms with Crippen LogP contribution in [0.2, 0.25) is 10.0 Å². The first-order valence-electron chi connectivity index (χ1n) is 10.4. The van der Waals surface area contributed by atoms with E-state index in [2.05, 4.69) is 20.1 Å². The molecule has 0 spiro atoms. The van der Waals surface area contributed by atoms with Crippen molar-refractivity contribution in [1.82, 2.24) is 15.1 Å². The molecule has 0 bridgehead atoms. The highest BCUT2D eigenvalue weighted by atomic mass is 35.5. The molecule has 1 saturated carbocycles. The minimum absolute atomic E-state index is 0.230. The number of halogens is 2. The monoisotopic (exact) mass is 448 g/mol. The van der Waals surface area contributed by atoms with Crippen LogP contribution in [0.1, 0.15) is 61.8 Å². The van der Waals surface area contributed by atoms with Gasteiger partial charge in [-0.3, -0.25) is 15.3 Å². The Labute approximate surface area is 186 Å². The van der Waals surface area contributed by atoms with Gasteiger partial charge in [0.1, 0.15) is 5.84 Å². The van der Waals surface area contributed by atoms with E-state index in [1.807, 2.05) is 6.07 Å². The fourth-order valence-corrected chi connectivity index (χ4v) is 4.59. The Hall–Kier alpha value is -1.96. The summed E-state index contributed by atoms with van der Waals surface area (Å²) in [4.78, 5) is 6.57. The molecule has 1 unspecified atom stereocenters. The van der Waals surface area contributed by atoms with Gasteiger partial charge in [-0.05, 0) is 36.6 Å². The van der Waals surface area contributed by atoms with Crippen molar-refractivity contribution >= 4 is 34.7 Å². The van der Waals surface area contributed by atoms with Crippen molar-refractivity contribution in [3.8, 4) is 0 Å². The molecular formula is C21H26Cl2N6O. The van der Waals surface area contributed by atoms with Gasteiger partial charge in [-0.1, -0.05) is 42.5 Å². The minimum Gasteiger partial charge on any atom is -0.419 e. The van der Waals surface area contributed by atoms with E-state index in [9.17, 15) is 0 Å². The smallest absolute Gasteiger partial charge is 0.261 e. The zero-order valence-electron chi connectivity index (χ0n) is 16.8. The zero-order valence-corrected chi connectivity index (χ0v) is 18.3. The summed E-state index contributed by atoms with van der Waals surface area (Å²) < 4.78 is 5.87. The zero-order chi connectivity index (χ0) is 21.1. The molecule has 2 aromatic rings. The highest BCUT2D eigenvalue weighted by Crippen LogP contribution is 2.32. The number of benzene rings is 1. The van der Waals surface area contributed by atoms with Crippen LogP contribution >= 0.6 is 23.2 Å². The van der Waals surface area contributed by atoms with E-state index in [0.717, 1.165) is 24.9 Å². The Morgan fingerprint density at radius 3 is 2.80 bits per heavy atom. The Morgan fingerprint density at radius 2 is 2.00 bits per heavy atom. The van der Waals surface area contributed by atoms with Crippen LogP contribution in [0.3, 0.4) is 0 Å². The molecule has 3 N–H and O–H groups in total. The van der Waals surface area contributed by atoms with E-state index in [0.29, 0.717) is 47.2 Å². The van der Waals surface area contributed by atoms with E-state index in [-0.39, 0.29) is 17.6 Å². The molecule has 160 valence electrons. The largest absolute Gasteiger partial charge is 0.419 e. The van der Waals surface area contributed by atoms with Crippen molar-refractivity contribution in [2.75, 3.05) is 13.1 Å². The second-order valence-electron chi connectivity index (χ2n) is 7.99. The summed E-state index contributed by atoms with van der Waals surface area (Å²) in [5.41, 5.74) is 7.42. The maximum Gasteiger partial charge on any atom is 0.261 e. The van der Waals surface area contributed by atoms with E-state index >= 15 is 0 Å². The van der Waals surface area contributed by atoms with E-state index < -0.39 is 0 Å². The van der Waals surface area contributed by atoms with Crippen LogP contribution < -0.4 is 5.73 Å². The van der Waals surface area contributed by atoms with Crippen LogP contribution in [0.25, 0.3) is 0 Å². The molecule has 4 rings (SSSR count). The maximum atomic E-state index is 8.55. The first-order chi connectivity index (χ1) is 14.5. The fraction of sp³-hybridized carbons (Fsp3) is 0.524. The summed E-state index contributed by atoms with van der Waals surface area (Å²) in [5, 5.41) is 18.2. The Kier molecular flexibility index (Phi) is 6.71. The Balaban J connectivity index is 1.47. The van der Waals surface area contributed by atoms with Gasteiger partial charge in [0.05, 0.1) is 18.3 Å². The van der Waals surface area contributed by atoms with Crippen LogP contribution in [0, 0.1) is 5.41 Å². The molecule has 2 aliphatic rings. The maximum absolute atomic E-state index is 8.55. The molecule has 0 radical (unpaired) electrons. The molecule has 9 heteroatoms. The van der Waals surface area contributed by atoms with Crippen LogP contribution in [0.4, 0.5) is 0 Å². The van der Waals surface area contributed by atoms with Gasteiger partial charge in [0, 0.05) is 35.5 Å². The number of nitrogens with two attached hydrogens (primary N) is 1. The molecule has 1 aliphatic heterocycles. The lowest BCUT2D eigenvalue weighted by Gasteiger charge is -2.34. The number of nitrogens with one attached hydrogen (secondary N) is 1. The summed E-state index contributed by atoms with van der Waals surface area (Å²) in [6.45, 7) is 1.91. The van der Waals surface area contributed by atoms with Crippen molar-refractivity contribution in [1.29, 1.82) is 5.41 Å². The summed E-state index contributed by atoms with van der Waals surface area (Å²) in [7, 11) is 0. The molecule has 1 aromatic heterocycles. The summed E-state index contributed by atoms with van der Waals surface area (Å²) >= 11 is 12.5. The van der Waals surface area contributed by atoms with Gasteiger partial charge < -0.3 is 10.2 Å². The lowest BCUT2D eigenvalue weighted by Crippen LogP contribution is -2.50. The quantitative estimate of drug-likeness (QED) is 0.636. The number of hydrogen-bond donors (Lipinski definition) is 2. The molecule has 0 saturated heterocycles. The minimum atomic E-state index is -0.230. The van der Waals surface area contributed by atoms with Crippen molar-refractivity contribution in [3.63, 3.8) is 0 Å². The SMILES string of the molecule is N=C(CC1C(N)=NCCN1Cc1cc(Cl)ccc1Cl)c1nnc(C2CCCCC2)o1. The third kappa shape index (κ3) is 4.85. The van der Waals surface area contributed by atoms with Gasteiger partial charge >= 0.3 is 0 Å². The van der Waals surface area contributed by atoms with Gasteiger partial charge in [-0.2, -0.15) is 0 Å². The topological polar surface area (TPSA) is 104 Å². The predicted molar refractivity (Wildman–Crippen MR) is 119 cm³/mol. The molecule has 30 heavy (non-hydrogen) atoms. The summed E-state index contributed by atoms with van der Waals surface area (Å²) in [5.74, 6) is 1.75. The van der Waals surface area contributed by atoms with Gasteiger partial charge in [-0.15, -0.1) is 10.2 Å². The van der Waals surface area contributed by atoms with Crippen molar-refractivity contribution < 1.29 is 4.42 Å². The lowest BCUT2D eigenvalue weighted by atomic mass is 9.89. The van der Waals surface area contributed by atoms with Crippen molar-refractivity contribution in [2.24, 2.45) is 10.7 Å². The normalized spacial score (nSPS) is 20.9. The standard InChI is InChI=1S/C21H26Cl2N6O/c22-15-6-7-16(23)14(10-15)12-29-9-8-26-19(25)18(29)11-17(24)21-28-27-20(30-21)13-4-2-1-3-5-13/h6-7,10,13,18,24H,1-5,8-9,11-12H2,(H2,25,26). The molecule has 1 atom stereocenters. The molecule has 0 amide bonds.